The quantitative estimate of drug-likeness (QED) is 0.573. The molecule has 7 heteroatoms. The number of H-pyrrole nitrogens is 1. The molecule has 1 aromatic carbocycles. The summed E-state index contributed by atoms with van der Waals surface area (Å²) in [6, 6.07) is 7.37. The number of fused-ring (bicyclic) bond motifs is 1. The summed E-state index contributed by atoms with van der Waals surface area (Å²) >= 11 is 4.43. The maximum atomic E-state index is 11.1. The Balaban J connectivity index is 1.92. The van der Waals surface area contributed by atoms with Crippen molar-refractivity contribution in [3.05, 3.63) is 41.0 Å². The van der Waals surface area contributed by atoms with E-state index in [1.807, 2.05) is 52.0 Å². The predicted molar refractivity (Wildman–Crippen MR) is 103 cm³/mol. The molecule has 0 aliphatic carbocycles. The van der Waals surface area contributed by atoms with Gasteiger partial charge in [-0.2, -0.15) is 12.6 Å². The van der Waals surface area contributed by atoms with Gasteiger partial charge in [-0.15, -0.1) is 0 Å². The second kappa shape index (κ2) is 6.23. The molecule has 3 rings (SSSR count). The van der Waals surface area contributed by atoms with E-state index in [1.165, 1.54) is 0 Å². The minimum absolute atomic E-state index is 0.177. The van der Waals surface area contributed by atoms with Crippen LogP contribution in [0, 0.1) is 0 Å². The lowest BCUT2D eigenvalue weighted by Gasteiger charge is -2.32. The van der Waals surface area contributed by atoms with Crippen LogP contribution >= 0.6 is 12.6 Å². The Hall–Kier alpha value is -1.70. The van der Waals surface area contributed by atoms with Crippen LogP contribution in [0.25, 0.3) is 17.0 Å². The lowest BCUT2D eigenvalue weighted by atomic mass is 9.78. The second-order valence-corrected chi connectivity index (χ2v) is 7.62. The van der Waals surface area contributed by atoms with Crippen molar-refractivity contribution in [2.45, 2.75) is 38.9 Å². The SMILES string of the molecule is CC1(C)OB(C(=Cc2ccc3[nH]c(C(=O)O)cc3c2)CS)OC1(C)C. The Kier molecular flexibility index (Phi) is 4.51. The van der Waals surface area contributed by atoms with E-state index >= 15 is 0 Å². The maximum Gasteiger partial charge on any atom is 0.491 e. The second-order valence-electron chi connectivity index (χ2n) is 7.30. The molecule has 132 valence electrons. The van der Waals surface area contributed by atoms with E-state index in [-0.39, 0.29) is 5.69 Å². The van der Waals surface area contributed by atoms with Crippen LogP contribution < -0.4 is 0 Å². The van der Waals surface area contributed by atoms with Gasteiger partial charge >= 0.3 is 13.1 Å². The number of hydrogen-bond donors (Lipinski definition) is 3. The summed E-state index contributed by atoms with van der Waals surface area (Å²) in [6.45, 7) is 8.07. The van der Waals surface area contributed by atoms with Gasteiger partial charge in [0.15, 0.2) is 0 Å². The van der Waals surface area contributed by atoms with Crippen LogP contribution in [0.15, 0.2) is 29.7 Å². The van der Waals surface area contributed by atoms with Gasteiger partial charge in [-0.25, -0.2) is 4.79 Å². The normalized spacial score (nSPS) is 19.6. The number of aromatic carboxylic acids is 1. The highest BCUT2D eigenvalue weighted by Gasteiger charge is 2.52. The first kappa shape index (κ1) is 18.1. The van der Waals surface area contributed by atoms with Crippen LogP contribution in [0.4, 0.5) is 0 Å². The number of benzene rings is 1. The molecule has 1 aliphatic rings. The largest absolute Gasteiger partial charge is 0.491 e. The van der Waals surface area contributed by atoms with Crippen molar-refractivity contribution in [2.75, 3.05) is 5.75 Å². The molecule has 1 saturated heterocycles. The van der Waals surface area contributed by atoms with Gasteiger partial charge in [-0.3, -0.25) is 0 Å². The zero-order valence-corrected chi connectivity index (χ0v) is 15.7. The molecule has 0 saturated carbocycles. The van der Waals surface area contributed by atoms with Crippen molar-refractivity contribution in [2.24, 2.45) is 0 Å². The molecule has 2 heterocycles. The van der Waals surface area contributed by atoms with Crippen molar-refractivity contribution in [3.63, 3.8) is 0 Å². The minimum atomic E-state index is -0.971. The first-order chi connectivity index (χ1) is 11.6. The number of carbonyl (C=O) groups is 1. The third kappa shape index (κ3) is 3.36. The molecule has 0 bridgehead atoms. The molecule has 5 nitrogen and oxygen atoms in total. The summed E-state index contributed by atoms with van der Waals surface area (Å²) in [5, 5.41) is 9.94. The standard InChI is InChI=1S/C18H22BNO4S/c1-17(2)18(3,4)24-19(23-17)13(10-25)8-11-5-6-14-12(7-11)9-15(20-14)16(21)22/h5-9,20,25H,10H2,1-4H3,(H,21,22). The van der Waals surface area contributed by atoms with Gasteiger partial charge in [0.2, 0.25) is 0 Å². The molecule has 25 heavy (non-hydrogen) atoms. The van der Waals surface area contributed by atoms with E-state index < -0.39 is 24.3 Å². The smallest absolute Gasteiger partial charge is 0.477 e. The van der Waals surface area contributed by atoms with E-state index in [1.54, 1.807) is 6.07 Å². The van der Waals surface area contributed by atoms with Crippen LogP contribution in [-0.4, -0.2) is 40.1 Å². The number of carboxylic acid groups (broad SMARTS) is 1. The molecular weight excluding hydrogens is 337 g/mol. The molecule has 0 amide bonds. The number of rotatable bonds is 4. The summed E-state index contributed by atoms with van der Waals surface area (Å²) in [5.41, 5.74) is 2.04. The molecule has 0 unspecified atom stereocenters. The van der Waals surface area contributed by atoms with Crippen LogP contribution in [0.3, 0.4) is 0 Å². The van der Waals surface area contributed by atoms with Crippen LogP contribution in [0.5, 0.6) is 0 Å². The van der Waals surface area contributed by atoms with Gasteiger partial charge in [0, 0.05) is 16.7 Å². The molecule has 0 spiro atoms. The van der Waals surface area contributed by atoms with Crippen LogP contribution in [-0.2, 0) is 9.31 Å². The molecule has 2 aromatic rings. The average molecular weight is 359 g/mol. The number of nitrogens with one attached hydrogen (secondary N) is 1. The summed E-state index contributed by atoms with van der Waals surface area (Å²) in [7, 11) is -0.445. The topological polar surface area (TPSA) is 71.6 Å². The summed E-state index contributed by atoms with van der Waals surface area (Å²) in [6.07, 6.45) is 1.99. The van der Waals surface area contributed by atoms with E-state index in [0.29, 0.717) is 5.75 Å². The molecule has 0 radical (unpaired) electrons. The van der Waals surface area contributed by atoms with E-state index in [2.05, 4.69) is 17.6 Å². The van der Waals surface area contributed by atoms with Crippen molar-refractivity contribution in [1.82, 2.24) is 4.98 Å². The number of carboxylic acids is 1. The fourth-order valence-electron chi connectivity index (χ4n) is 2.75. The zero-order chi connectivity index (χ0) is 18.4. The van der Waals surface area contributed by atoms with E-state index in [4.69, 9.17) is 14.4 Å². The lowest BCUT2D eigenvalue weighted by Crippen LogP contribution is -2.41. The van der Waals surface area contributed by atoms with E-state index in [9.17, 15) is 4.79 Å². The molecule has 1 aliphatic heterocycles. The van der Waals surface area contributed by atoms with Gasteiger partial charge in [-0.1, -0.05) is 12.1 Å². The van der Waals surface area contributed by atoms with Gasteiger partial charge < -0.3 is 19.4 Å². The monoisotopic (exact) mass is 359 g/mol. The summed E-state index contributed by atoms with van der Waals surface area (Å²) in [4.78, 5) is 14.0. The Labute approximate surface area is 153 Å². The zero-order valence-electron chi connectivity index (χ0n) is 14.8. The van der Waals surface area contributed by atoms with Gasteiger partial charge in [-0.05, 0) is 56.9 Å². The predicted octanol–water partition coefficient (Wildman–Crippen LogP) is 3.81. The first-order valence-electron chi connectivity index (χ1n) is 8.16. The highest BCUT2D eigenvalue weighted by atomic mass is 32.1. The highest BCUT2D eigenvalue weighted by molar-refractivity contribution is 7.80. The molecule has 1 aromatic heterocycles. The van der Waals surface area contributed by atoms with Crippen molar-refractivity contribution < 1.29 is 19.2 Å². The Morgan fingerprint density at radius 3 is 2.44 bits per heavy atom. The molecule has 2 N–H and O–H groups in total. The number of aromatic amines is 1. The summed E-state index contributed by atoms with van der Waals surface area (Å²) in [5.74, 6) is -0.468. The average Bonchev–Trinajstić information content (AvgIpc) is 3.03. The fraction of sp³-hybridized carbons (Fsp3) is 0.389. The van der Waals surface area contributed by atoms with Crippen LogP contribution in [0.1, 0.15) is 43.7 Å². The number of hydrogen-bond acceptors (Lipinski definition) is 4. The molecule has 0 atom stereocenters. The Morgan fingerprint density at radius 1 is 1.24 bits per heavy atom. The fourth-order valence-corrected chi connectivity index (χ4v) is 2.99. The Morgan fingerprint density at radius 2 is 1.88 bits per heavy atom. The first-order valence-corrected chi connectivity index (χ1v) is 8.79. The number of aromatic nitrogens is 1. The van der Waals surface area contributed by atoms with Crippen molar-refractivity contribution in [3.8, 4) is 0 Å². The lowest BCUT2D eigenvalue weighted by molar-refractivity contribution is 0.00578. The minimum Gasteiger partial charge on any atom is -0.477 e. The van der Waals surface area contributed by atoms with E-state index in [0.717, 1.165) is 21.9 Å². The molecule has 1 fully saturated rings. The summed E-state index contributed by atoms with van der Waals surface area (Å²) < 4.78 is 12.2. The van der Waals surface area contributed by atoms with Crippen molar-refractivity contribution in [1.29, 1.82) is 0 Å². The third-order valence-corrected chi connectivity index (χ3v) is 5.33. The van der Waals surface area contributed by atoms with Gasteiger partial charge in [0.05, 0.1) is 11.2 Å². The highest BCUT2D eigenvalue weighted by Crippen LogP contribution is 2.39. The molecular formula is C18H22BNO4S. The van der Waals surface area contributed by atoms with Gasteiger partial charge in [0.25, 0.3) is 0 Å². The number of thiol groups is 1. The van der Waals surface area contributed by atoms with Crippen LogP contribution in [0.2, 0.25) is 0 Å². The Bertz CT molecular complexity index is 840. The van der Waals surface area contributed by atoms with Crippen molar-refractivity contribution >= 4 is 42.7 Å². The third-order valence-electron chi connectivity index (χ3n) is 4.97. The maximum absolute atomic E-state index is 11.1. The van der Waals surface area contributed by atoms with Gasteiger partial charge in [0.1, 0.15) is 5.69 Å².